The highest BCUT2D eigenvalue weighted by atomic mass is 32.2. The molecule has 2 bridgehead atoms. The number of hydrogen-bond donors (Lipinski definition) is 2. The van der Waals surface area contributed by atoms with Crippen molar-refractivity contribution >= 4 is 10.0 Å². The molecule has 3 N–H and O–H groups in total. The van der Waals surface area contributed by atoms with Crippen molar-refractivity contribution in [3.63, 3.8) is 0 Å². The predicted octanol–water partition coefficient (Wildman–Crippen LogP) is -0.0520. The van der Waals surface area contributed by atoms with Crippen molar-refractivity contribution in [2.45, 2.75) is 49.4 Å². The van der Waals surface area contributed by atoms with Crippen LogP contribution in [-0.4, -0.2) is 24.7 Å². The van der Waals surface area contributed by atoms with E-state index in [-0.39, 0.29) is 16.3 Å². The number of sulfonamides is 1. The summed E-state index contributed by atoms with van der Waals surface area (Å²) in [5.41, 5.74) is 5.62. The van der Waals surface area contributed by atoms with Gasteiger partial charge in [-0.05, 0) is 33.1 Å². The lowest BCUT2D eigenvalue weighted by molar-refractivity contribution is -0.0619. The van der Waals surface area contributed by atoms with E-state index < -0.39 is 10.0 Å². The first-order valence-electron chi connectivity index (χ1n) is 4.59. The van der Waals surface area contributed by atoms with Gasteiger partial charge in [-0.15, -0.1) is 0 Å². The van der Waals surface area contributed by atoms with Gasteiger partial charge in [-0.1, -0.05) is 0 Å². The molecule has 3 rings (SSSR count). The van der Waals surface area contributed by atoms with E-state index in [2.05, 4.69) is 4.72 Å². The van der Waals surface area contributed by atoms with Gasteiger partial charge in [0.1, 0.15) is 0 Å². The summed E-state index contributed by atoms with van der Waals surface area (Å²) in [4.78, 5) is 0. The lowest BCUT2D eigenvalue weighted by atomic mass is 9.45. The zero-order valence-electron chi connectivity index (χ0n) is 8.00. The monoisotopic (exact) mass is 204 g/mol. The van der Waals surface area contributed by atoms with E-state index in [1.807, 2.05) is 0 Å². The fraction of sp³-hybridized carbons (Fsp3) is 1.00. The molecule has 0 atom stereocenters. The standard InChI is InChI=1S/C8H16N2O2S/c1-6(2)13(11,12)10-8-3-7(9,4-8)5-8/h6,10H,3-5,9H2,1-2H3. The van der Waals surface area contributed by atoms with Crippen molar-refractivity contribution in [2.75, 3.05) is 0 Å². The van der Waals surface area contributed by atoms with E-state index >= 15 is 0 Å². The molecule has 0 saturated heterocycles. The van der Waals surface area contributed by atoms with Crippen molar-refractivity contribution in [2.24, 2.45) is 5.73 Å². The second kappa shape index (κ2) is 2.27. The third-order valence-corrected chi connectivity index (χ3v) is 5.01. The molecule has 3 aliphatic carbocycles. The molecule has 76 valence electrons. The van der Waals surface area contributed by atoms with E-state index in [0.29, 0.717) is 0 Å². The van der Waals surface area contributed by atoms with Gasteiger partial charge in [-0.25, -0.2) is 13.1 Å². The lowest BCUT2D eigenvalue weighted by Crippen LogP contribution is -2.82. The molecule has 0 aliphatic heterocycles. The Kier molecular flexibility index (Phi) is 1.64. The lowest BCUT2D eigenvalue weighted by Gasteiger charge is -2.68. The predicted molar refractivity (Wildman–Crippen MR) is 50.7 cm³/mol. The van der Waals surface area contributed by atoms with Gasteiger partial charge in [0.25, 0.3) is 0 Å². The molecule has 0 radical (unpaired) electrons. The molecular weight excluding hydrogens is 188 g/mol. The molecular formula is C8H16N2O2S. The van der Waals surface area contributed by atoms with Crippen molar-refractivity contribution in [3.8, 4) is 0 Å². The van der Waals surface area contributed by atoms with Gasteiger partial charge in [0.15, 0.2) is 0 Å². The number of rotatable bonds is 3. The van der Waals surface area contributed by atoms with Crippen LogP contribution in [0.4, 0.5) is 0 Å². The first kappa shape index (κ1) is 9.43. The molecule has 0 aromatic rings. The molecule has 0 spiro atoms. The Balaban J connectivity index is 2.01. The third-order valence-electron chi connectivity index (χ3n) is 3.05. The van der Waals surface area contributed by atoms with Crippen LogP contribution in [0.1, 0.15) is 33.1 Å². The Hall–Kier alpha value is -0.130. The van der Waals surface area contributed by atoms with E-state index in [4.69, 9.17) is 5.73 Å². The molecule has 0 amide bonds. The van der Waals surface area contributed by atoms with Crippen molar-refractivity contribution in [1.82, 2.24) is 4.72 Å². The molecule has 0 heterocycles. The minimum absolute atomic E-state index is 0.0422. The fourth-order valence-corrected chi connectivity index (χ4v) is 3.45. The zero-order chi connectivity index (χ0) is 9.91. The van der Waals surface area contributed by atoms with E-state index in [9.17, 15) is 8.42 Å². The number of nitrogens with two attached hydrogens (primary N) is 1. The van der Waals surface area contributed by atoms with Crippen LogP contribution < -0.4 is 10.5 Å². The fourth-order valence-electron chi connectivity index (χ4n) is 2.39. The molecule has 0 aromatic carbocycles. The van der Waals surface area contributed by atoms with Gasteiger partial charge in [0.05, 0.1) is 5.25 Å². The first-order chi connectivity index (χ1) is 5.77. The Labute approximate surface area is 78.9 Å². The van der Waals surface area contributed by atoms with Crippen LogP contribution in [0.15, 0.2) is 0 Å². The van der Waals surface area contributed by atoms with E-state index in [1.54, 1.807) is 13.8 Å². The van der Waals surface area contributed by atoms with Crippen LogP contribution in [0.3, 0.4) is 0 Å². The van der Waals surface area contributed by atoms with Crippen LogP contribution in [0, 0.1) is 0 Å². The Morgan fingerprint density at radius 1 is 1.31 bits per heavy atom. The molecule has 3 saturated carbocycles. The molecule has 3 aliphatic rings. The number of nitrogens with one attached hydrogen (secondary N) is 1. The Bertz CT molecular complexity index is 314. The summed E-state index contributed by atoms with van der Waals surface area (Å²) >= 11 is 0. The van der Waals surface area contributed by atoms with E-state index in [0.717, 1.165) is 19.3 Å². The van der Waals surface area contributed by atoms with E-state index in [1.165, 1.54) is 0 Å². The molecule has 4 nitrogen and oxygen atoms in total. The number of hydrogen-bond acceptors (Lipinski definition) is 3. The average Bonchev–Trinajstić information content (AvgIpc) is 1.80. The third kappa shape index (κ3) is 1.30. The normalized spacial score (nSPS) is 42.8. The first-order valence-corrected chi connectivity index (χ1v) is 6.13. The van der Waals surface area contributed by atoms with Crippen molar-refractivity contribution in [3.05, 3.63) is 0 Å². The highest BCUT2D eigenvalue weighted by Gasteiger charge is 2.67. The summed E-state index contributed by atoms with van der Waals surface area (Å²) in [7, 11) is -3.11. The van der Waals surface area contributed by atoms with Gasteiger partial charge in [-0.3, -0.25) is 0 Å². The summed E-state index contributed by atoms with van der Waals surface area (Å²) in [6, 6.07) is 0. The topological polar surface area (TPSA) is 72.2 Å². The molecule has 0 aromatic heterocycles. The second-order valence-corrected chi connectivity index (χ2v) is 7.11. The molecule has 3 fully saturated rings. The summed E-state index contributed by atoms with van der Waals surface area (Å²) in [6.45, 7) is 3.37. The summed E-state index contributed by atoms with van der Waals surface area (Å²) in [6.07, 6.45) is 2.43. The van der Waals surface area contributed by atoms with Crippen LogP contribution in [0.25, 0.3) is 0 Å². The Morgan fingerprint density at radius 3 is 2.08 bits per heavy atom. The van der Waals surface area contributed by atoms with Gasteiger partial charge >= 0.3 is 0 Å². The largest absolute Gasteiger partial charge is 0.325 e. The highest BCUT2D eigenvalue weighted by Crippen LogP contribution is 2.58. The van der Waals surface area contributed by atoms with Crippen molar-refractivity contribution < 1.29 is 8.42 Å². The summed E-state index contributed by atoms with van der Waals surface area (Å²) < 4.78 is 25.8. The highest BCUT2D eigenvalue weighted by molar-refractivity contribution is 7.90. The summed E-state index contributed by atoms with van der Waals surface area (Å²) in [5, 5.41) is -0.352. The second-order valence-electron chi connectivity index (χ2n) is 4.87. The Morgan fingerprint density at radius 2 is 1.77 bits per heavy atom. The molecule has 13 heavy (non-hydrogen) atoms. The van der Waals surface area contributed by atoms with Crippen LogP contribution in [0.2, 0.25) is 0 Å². The van der Waals surface area contributed by atoms with Gasteiger partial charge in [0, 0.05) is 11.1 Å². The van der Waals surface area contributed by atoms with Gasteiger partial charge in [-0.2, -0.15) is 0 Å². The molecule has 5 heteroatoms. The van der Waals surface area contributed by atoms with Crippen molar-refractivity contribution in [1.29, 1.82) is 0 Å². The molecule has 0 unspecified atom stereocenters. The SMILES string of the molecule is CC(C)S(=O)(=O)NC12CC(N)(C1)C2. The maximum Gasteiger partial charge on any atom is 0.214 e. The maximum atomic E-state index is 11.5. The maximum absolute atomic E-state index is 11.5. The van der Waals surface area contributed by atoms with Gasteiger partial charge in [0.2, 0.25) is 10.0 Å². The summed E-state index contributed by atoms with van der Waals surface area (Å²) in [5.74, 6) is 0. The van der Waals surface area contributed by atoms with Gasteiger partial charge < -0.3 is 5.73 Å². The van der Waals surface area contributed by atoms with Crippen LogP contribution >= 0.6 is 0 Å². The van der Waals surface area contributed by atoms with Crippen LogP contribution in [0.5, 0.6) is 0 Å². The smallest absolute Gasteiger partial charge is 0.214 e. The average molecular weight is 204 g/mol. The van der Waals surface area contributed by atoms with Crippen LogP contribution in [-0.2, 0) is 10.0 Å². The minimum Gasteiger partial charge on any atom is -0.325 e. The quantitative estimate of drug-likeness (QED) is 0.677. The zero-order valence-corrected chi connectivity index (χ0v) is 8.82. The minimum atomic E-state index is -3.11.